The standard InChI is InChI=1S/C12H13NS/c1-13-10-8-11(14-2)12(10)9-6-4-3-5-7-9/h3-7H,8H2,1-2H3. The van der Waals surface area contributed by atoms with Crippen LogP contribution in [0.1, 0.15) is 12.0 Å². The van der Waals surface area contributed by atoms with E-state index in [1.807, 2.05) is 24.9 Å². The molecule has 0 saturated carbocycles. The van der Waals surface area contributed by atoms with Gasteiger partial charge in [0, 0.05) is 29.7 Å². The summed E-state index contributed by atoms with van der Waals surface area (Å²) in [6.45, 7) is 0. The maximum Gasteiger partial charge on any atom is 0.0480 e. The van der Waals surface area contributed by atoms with Crippen LogP contribution < -0.4 is 0 Å². The van der Waals surface area contributed by atoms with Crippen molar-refractivity contribution in [1.29, 1.82) is 0 Å². The lowest BCUT2D eigenvalue weighted by Crippen LogP contribution is -2.15. The fourth-order valence-electron chi connectivity index (χ4n) is 1.68. The Morgan fingerprint density at radius 3 is 2.50 bits per heavy atom. The summed E-state index contributed by atoms with van der Waals surface area (Å²) in [7, 11) is 1.87. The summed E-state index contributed by atoms with van der Waals surface area (Å²) in [5.41, 5.74) is 3.88. The third kappa shape index (κ3) is 1.50. The van der Waals surface area contributed by atoms with Gasteiger partial charge in [0.25, 0.3) is 0 Å². The van der Waals surface area contributed by atoms with Crippen molar-refractivity contribution in [2.24, 2.45) is 4.99 Å². The lowest BCUT2D eigenvalue weighted by molar-refractivity contribution is 1.30. The van der Waals surface area contributed by atoms with E-state index in [1.165, 1.54) is 21.8 Å². The molecule has 0 fully saturated rings. The lowest BCUT2D eigenvalue weighted by Gasteiger charge is -2.24. The first-order valence-electron chi connectivity index (χ1n) is 4.65. The summed E-state index contributed by atoms with van der Waals surface area (Å²) in [5, 5.41) is 0. The highest BCUT2D eigenvalue weighted by molar-refractivity contribution is 8.02. The number of aliphatic imine (C=N–C) groups is 1. The molecule has 1 aromatic rings. The Kier molecular flexibility index (Phi) is 2.73. The van der Waals surface area contributed by atoms with Gasteiger partial charge in [-0.25, -0.2) is 0 Å². The SMILES string of the molecule is CN=C1CC(SC)=C1c1ccccc1. The van der Waals surface area contributed by atoms with Crippen LogP contribution >= 0.6 is 11.8 Å². The van der Waals surface area contributed by atoms with Crippen molar-refractivity contribution in [2.45, 2.75) is 6.42 Å². The van der Waals surface area contributed by atoms with E-state index in [0.29, 0.717) is 0 Å². The van der Waals surface area contributed by atoms with Crippen LogP contribution in [0.5, 0.6) is 0 Å². The van der Waals surface area contributed by atoms with Crippen LogP contribution in [0, 0.1) is 0 Å². The number of hydrogen-bond acceptors (Lipinski definition) is 2. The van der Waals surface area contributed by atoms with Crippen molar-refractivity contribution in [1.82, 2.24) is 0 Å². The third-order valence-electron chi connectivity index (χ3n) is 2.47. The third-order valence-corrected chi connectivity index (χ3v) is 3.32. The van der Waals surface area contributed by atoms with Gasteiger partial charge in [-0.15, -0.1) is 11.8 Å². The topological polar surface area (TPSA) is 12.4 Å². The fourth-order valence-corrected chi connectivity index (χ4v) is 2.40. The van der Waals surface area contributed by atoms with Gasteiger partial charge in [-0.1, -0.05) is 30.3 Å². The smallest absolute Gasteiger partial charge is 0.0480 e. The van der Waals surface area contributed by atoms with Gasteiger partial charge in [-0.05, 0) is 11.8 Å². The predicted molar refractivity (Wildman–Crippen MR) is 64.9 cm³/mol. The zero-order chi connectivity index (χ0) is 9.97. The van der Waals surface area contributed by atoms with Crippen molar-refractivity contribution in [2.75, 3.05) is 13.3 Å². The molecule has 1 aromatic carbocycles. The first-order valence-corrected chi connectivity index (χ1v) is 5.88. The van der Waals surface area contributed by atoms with Gasteiger partial charge in [-0.2, -0.15) is 0 Å². The number of rotatable bonds is 2. The second kappa shape index (κ2) is 4.01. The minimum Gasteiger partial charge on any atom is -0.292 e. The van der Waals surface area contributed by atoms with E-state index >= 15 is 0 Å². The second-order valence-electron chi connectivity index (χ2n) is 3.22. The van der Waals surface area contributed by atoms with Crippen LogP contribution in [0.15, 0.2) is 40.2 Å². The van der Waals surface area contributed by atoms with Crippen molar-refractivity contribution in [3.05, 3.63) is 40.8 Å². The molecular weight excluding hydrogens is 190 g/mol. The van der Waals surface area contributed by atoms with Crippen molar-refractivity contribution < 1.29 is 0 Å². The number of thioether (sulfide) groups is 1. The summed E-state index contributed by atoms with van der Waals surface area (Å²) in [5.74, 6) is 0. The largest absolute Gasteiger partial charge is 0.292 e. The van der Waals surface area contributed by atoms with E-state index in [0.717, 1.165) is 6.42 Å². The van der Waals surface area contributed by atoms with Crippen LogP contribution in [0.3, 0.4) is 0 Å². The summed E-state index contributed by atoms with van der Waals surface area (Å²) < 4.78 is 0. The van der Waals surface area contributed by atoms with Gasteiger partial charge in [-0.3, -0.25) is 4.99 Å². The highest BCUT2D eigenvalue weighted by atomic mass is 32.2. The summed E-state index contributed by atoms with van der Waals surface area (Å²) in [4.78, 5) is 5.75. The molecule has 0 heterocycles. The van der Waals surface area contributed by atoms with Crippen LogP contribution in [-0.4, -0.2) is 19.0 Å². The summed E-state index contributed by atoms with van der Waals surface area (Å²) in [6.07, 6.45) is 3.17. The molecule has 2 rings (SSSR count). The van der Waals surface area contributed by atoms with Gasteiger partial charge >= 0.3 is 0 Å². The Bertz CT molecular complexity index is 390. The average molecular weight is 203 g/mol. The molecule has 2 heteroatoms. The van der Waals surface area contributed by atoms with Crippen molar-refractivity contribution in [3.8, 4) is 0 Å². The molecule has 0 radical (unpaired) electrons. The Labute approximate surface area is 88.9 Å². The van der Waals surface area contributed by atoms with Gasteiger partial charge in [0.05, 0.1) is 0 Å². The number of allylic oxidation sites excluding steroid dienone is 2. The monoisotopic (exact) mass is 203 g/mol. The Morgan fingerprint density at radius 2 is 1.93 bits per heavy atom. The average Bonchev–Trinajstić information content (AvgIpc) is 2.19. The van der Waals surface area contributed by atoms with E-state index in [2.05, 4.69) is 35.5 Å². The first-order chi connectivity index (χ1) is 6.86. The zero-order valence-electron chi connectivity index (χ0n) is 8.45. The van der Waals surface area contributed by atoms with Gasteiger partial charge in [0.15, 0.2) is 0 Å². The predicted octanol–water partition coefficient (Wildman–Crippen LogP) is 3.24. The highest BCUT2D eigenvalue weighted by Gasteiger charge is 2.24. The van der Waals surface area contributed by atoms with Crippen LogP contribution in [0.4, 0.5) is 0 Å². The van der Waals surface area contributed by atoms with Crippen LogP contribution in [-0.2, 0) is 0 Å². The molecule has 0 unspecified atom stereocenters. The van der Waals surface area contributed by atoms with E-state index in [-0.39, 0.29) is 0 Å². The lowest BCUT2D eigenvalue weighted by atomic mass is 9.89. The molecule has 0 spiro atoms. The molecule has 0 aromatic heterocycles. The van der Waals surface area contributed by atoms with E-state index < -0.39 is 0 Å². The van der Waals surface area contributed by atoms with Crippen molar-refractivity contribution in [3.63, 3.8) is 0 Å². The molecule has 72 valence electrons. The fraction of sp³-hybridized carbons (Fsp3) is 0.250. The number of benzene rings is 1. The molecule has 1 aliphatic carbocycles. The molecule has 1 aliphatic rings. The van der Waals surface area contributed by atoms with Gasteiger partial charge in [0.2, 0.25) is 0 Å². The summed E-state index contributed by atoms with van der Waals surface area (Å²) >= 11 is 1.83. The summed E-state index contributed by atoms with van der Waals surface area (Å²) in [6, 6.07) is 10.5. The molecule has 0 saturated heterocycles. The molecule has 14 heavy (non-hydrogen) atoms. The van der Waals surface area contributed by atoms with E-state index in [1.54, 1.807) is 0 Å². The first kappa shape index (κ1) is 9.53. The maximum atomic E-state index is 4.30. The van der Waals surface area contributed by atoms with Crippen LogP contribution in [0.2, 0.25) is 0 Å². The molecule has 0 N–H and O–H groups in total. The van der Waals surface area contributed by atoms with Crippen LogP contribution in [0.25, 0.3) is 5.57 Å². The zero-order valence-corrected chi connectivity index (χ0v) is 9.27. The molecule has 0 bridgehead atoms. The molecular formula is C12H13NS. The second-order valence-corrected chi connectivity index (χ2v) is 4.12. The molecule has 0 aliphatic heterocycles. The molecule has 0 amide bonds. The molecule has 0 atom stereocenters. The van der Waals surface area contributed by atoms with Gasteiger partial charge < -0.3 is 0 Å². The molecule has 1 nitrogen and oxygen atoms in total. The minimum atomic E-state index is 1.04. The van der Waals surface area contributed by atoms with E-state index in [4.69, 9.17) is 0 Å². The number of nitrogens with zero attached hydrogens (tertiary/aromatic N) is 1. The normalized spacial score (nSPS) is 18.6. The highest BCUT2D eigenvalue weighted by Crippen LogP contribution is 2.39. The Balaban J connectivity index is 2.43. The van der Waals surface area contributed by atoms with Crippen molar-refractivity contribution >= 4 is 23.0 Å². The minimum absolute atomic E-state index is 1.04. The van der Waals surface area contributed by atoms with Gasteiger partial charge in [0.1, 0.15) is 0 Å². The maximum absolute atomic E-state index is 4.30. The quantitative estimate of drug-likeness (QED) is 0.718. The van der Waals surface area contributed by atoms with E-state index in [9.17, 15) is 0 Å². The Morgan fingerprint density at radius 1 is 1.21 bits per heavy atom. The Hall–Kier alpha value is -1.02. The number of hydrogen-bond donors (Lipinski definition) is 0.